The van der Waals surface area contributed by atoms with Gasteiger partial charge in [0.2, 0.25) is 5.91 Å². The van der Waals surface area contributed by atoms with E-state index >= 15 is 0 Å². The zero-order chi connectivity index (χ0) is 15.7. The van der Waals surface area contributed by atoms with Crippen molar-refractivity contribution < 1.29 is 24.0 Å². The van der Waals surface area contributed by atoms with E-state index in [9.17, 15) is 24.0 Å². The molecule has 0 unspecified atom stereocenters. The Bertz CT molecular complexity index is 494. The molecule has 0 radical (unpaired) electrons. The van der Waals surface area contributed by atoms with Crippen LogP contribution in [-0.2, 0) is 14.4 Å². The second kappa shape index (κ2) is 5.27. The van der Waals surface area contributed by atoms with Gasteiger partial charge in [-0.25, -0.2) is 14.5 Å². The van der Waals surface area contributed by atoms with Crippen molar-refractivity contribution in [2.75, 3.05) is 13.6 Å². The summed E-state index contributed by atoms with van der Waals surface area (Å²) in [5.41, 5.74) is -0.542. The molecule has 0 aliphatic carbocycles. The van der Waals surface area contributed by atoms with Crippen LogP contribution in [0.1, 0.15) is 20.8 Å². The summed E-state index contributed by atoms with van der Waals surface area (Å²) in [4.78, 5) is 58.2. The van der Waals surface area contributed by atoms with Crippen LogP contribution in [0.3, 0.4) is 0 Å². The van der Waals surface area contributed by atoms with E-state index in [-0.39, 0.29) is 0 Å². The first-order valence-electron chi connectivity index (χ1n) is 5.78. The number of imide groups is 3. The highest BCUT2D eigenvalue weighted by Crippen LogP contribution is 2.08. The Kier molecular flexibility index (Phi) is 4.11. The molecule has 1 fully saturated rings. The standard InChI is InChI=1S/C11H16N4O5/c1-11(2,3)13-9(19)12-6(16)5-15-8(18)7(17)14(4)10(15)20/h5H2,1-4H3,(H2,12,13,16,19). The highest BCUT2D eigenvalue weighted by Gasteiger charge is 2.43. The minimum atomic E-state index is -1.09. The first kappa shape index (κ1) is 15.6. The molecule has 1 heterocycles. The minimum absolute atomic E-state index is 0.474. The summed E-state index contributed by atoms with van der Waals surface area (Å²) in [6, 6.07) is -1.65. The molecule has 7 amide bonds. The molecule has 0 bridgehead atoms. The Labute approximate surface area is 115 Å². The number of nitrogens with zero attached hydrogens (tertiary/aromatic N) is 2. The van der Waals surface area contributed by atoms with Crippen LogP contribution in [0, 0.1) is 0 Å². The molecule has 2 N–H and O–H groups in total. The van der Waals surface area contributed by atoms with Gasteiger partial charge in [0.1, 0.15) is 6.54 Å². The van der Waals surface area contributed by atoms with Crippen LogP contribution < -0.4 is 10.6 Å². The third kappa shape index (κ3) is 3.53. The number of carbonyl (C=O) groups excluding carboxylic acids is 5. The average Bonchev–Trinajstić information content (AvgIpc) is 2.44. The molecule has 9 nitrogen and oxygen atoms in total. The fourth-order valence-electron chi connectivity index (χ4n) is 1.43. The van der Waals surface area contributed by atoms with E-state index in [1.54, 1.807) is 20.8 Å². The molecule has 1 aliphatic rings. The molecule has 1 rings (SSSR count). The second-order valence-corrected chi connectivity index (χ2v) is 5.29. The van der Waals surface area contributed by atoms with Gasteiger partial charge in [-0.3, -0.25) is 24.6 Å². The van der Waals surface area contributed by atoms with E-state index in [4.69, 9.17) is 0 Å². The SMILES string of the molecule is CN1C(=O)C(=O)N(CC(=O)NC(=O)NC(C)(C)C)C1=O. The Morgan fingerprint density at radius 2 is 1.65 bits per heavy atom. The molecule has 0 aromatic carbocycles. The van der Waals surface area contributed by atoms with Gasteiger partial charge in [-0.1, -0.05) is 0 Å². The Morgan fingerprint density at radius 3 is 2.05 bits per heavy atom. The third-order valence-electron chi connectivity index (χ3n) is 2.29. The van der Waals surface area contributed by atoms with Crippen molar-refractivity contribution >= 4 is 29.8 Å². The summed E-state index contributed by atoms with van der Waals surface area (Å²) >= 11 is 0. The van der Waals surface area contributed by atoms with Gasteiger partial charge in [0.25, 0.3) is 0 Å². The van der Waals surface area contributed by atoms with Crippen molar-refractivity contribution in [3.8, 4) is 0 Å². The highest BCUT2D eigenvalue weighted by atomic mass is 16.2. The van der Waals surface area contributed by atoms with Gasteiger partial charge in [-0.15, -0.1) is 0 Å². The van der Waals surface area contributed by atoms with E-state index < -0.39 is 41.9 Å². The molecular weight excluding hydrogens is 268 g/mol. The molecule has 0 atom stereocenters. The van der Waals surface area contributed by atoms with E-state index in [1.165, 1.54) is 0 Å². The lowest BCUT2D eigenvalue weighted by atomic mass is 10.1. The third-order valence-corrected chi connectivity index (χ3v) is 2.29. The van der Waals surface area contributed by atoms with Crippen molar-refractivity contribution in [1.29, 1.82) is 0 Å². The van der Waals surface area contributed by atoms with Crippen LogP contribution in [0.4, 0.5) is 9.59 Å². The molecule has 0 aromatic heterocycles. The van der Waals surface area contributed by atoms with Crippen molar-refractivity contribution in [1.82, 2.24) is 20.4 Å². The number of urea groups is 2. The number of hydrogen-bond donors (Lipinski definition) is 2. The van der Waals surface area contributed by atoms with Crippen LogP contribution in [-0.4, -0.2) is 58.7 Å². The van der Waals surface area contributed by atoms with Gasteiger partial charge in [-0.05, 0) is 20.8 Å². The van der Waals surface area contributed by atoms with E-state index in [0.29, 0.717) is 9.80 Å². The molecule has 1 aliphatic heterocycles. The van der Waals surface area contributed by atoms with E-state index in [1.807, 2.05) is 5.32 Å². The predicted molar refractivity (Wildman–Crippen MR) is 66.3 cm³/mol. The van der Waals surface area contributed by atoms with Gasteiger partial charge >= 0.3 is 23.9 Å². The van der Waals surface area contributed by atoms with Crippen LogP contribution in [0.5, 0.6) is 0 Å². The lowest BCUT2D eigenvalue weighted by Gasteiger charge is -2.20. The van der Waals surface area contributed by atoms with Crippen molar-refractivity contribution in [3.05, 3.63) is 0 Å². The maximum Gasteiger partial charge on any atom is 0.334 e. The van der Waals surface area contributed by atoms with Gasteiger partial charge in [0.15, 0.2) is 0 Å². The lowest BCUT2D eigenvalue weighted by molar-refractivity contribution is -0.143. The molecule has 1 saturated heterocycles. The molecule has 20 heavy (non-hydrogen) atoms. The van der Waals surface area contributed by atoms with Gasteiger partial charge in [0, 0.05) is 12.6 Å². The fraction of sp³-hybridized carbons (Fsp3) is 0.545. The molecule has 110 valence electrons. The summed E-state index contributed by atoms with van der Waals surface area (Å²) < 4.78 is 0. The van der Waals surface area contributed by atoms with Gasteiger partial charge in [0.05, 0.1) is 0 Å². The van der Waals surface area contributed by atoms with Crippen LogP contribution >= 0.6 is 0 Å². The van der Waals surface area contributed by atoms with Crippen LogP contribution in [0.25, 0.3) is 0 Å². The summed E-state index contributed by atoms with van der Waals surface area (Å²) in [5, 5.41) is 4.45. The van der Waals surface area contributed by atoms with Gasteiger partial charge < -0.3 is 5.32 Å². The molecule has 0 saturated carbocycles. The second-order valence-electron chi connectivity index (χ2n) is 5.29. The first-order chi connectivity index (χ1) is 9.03. The maximum absolute atomic E-state index is 11.6. The predicted octanol–water partition coefficient (Wildman–Crippen LogP) is -0.969. The molecule has 0 spiro atoms. The van der Waals surface area contributed by atoms with E-state index in [0.717, 1.165) is 7.05 Å². The number of rotatable bonds is 2. The minimum Gasteiger partial charge on any atom is -0.333 e. The Hall–Kier alpha value is -2.45. The maximum atomic E-state index is 11.6. The topological polar surface area (TPSA) is 116 Å². The zero-order valence-corrected chi connectivity index (χ0v) is 11.6. The normalized spacial score (nSPS) is 15.7. The summed E-state index contributed by atoms with van der Waals surface area (Å²) in [6.07, 6.45) is 0. The quantitative estimate of drug-likeness (QED) is 0.500. The summed E-state index contributed by atoms with van der Waals surface area (Å²) in [6.45, 7) is 4.47. The molecule has 9 heteroatoms. The van der Waals surface area contributed by atoms with Crippen molar-refractivity contribution in [2.24, 2.45) is 0 Å². The molecular formula is C11H16N4O5. The van der Waals surface area contributed by atoms with Crippen LogP contribution in [0.2, 0.25) is 0 Å². The number of carbonyl (C=O) groups is 5. The van der Waals surface area contributed by atoms with Gasteiger partial charge in [-0.2, -0.15) is 0 Å². The van der Waals surface area contributed by atoms with Crippen molar-refractivity contribution in [3.63, 3.8) is 0 Å². The monoisotopic (exact) mass is 284 g/mol. The lowest BCUT2D eigenvalue weighted by Crippen LogP contribution is -2.51. The largest absolute Gasteiger partial charge is 0.334 e. The fourth-order valence-corrected chi connectivity index (χ4v) is 1.43. The summed E-state index contributed by atoms with van der Waals surface area (Å²) in [5.74, 6) is -2.97. The number of nitrogens with one attached hydrogen (secondary N) is 2. The Morgan fingerprint density at radius 1 is 1.10 bits per heavy atom. The highest BCUT2D eigenvalue weighted by molar-refractivity contribution is 6.44. The smallest absolute Gasteiger partial charge is 0.333 e. The number of likely N-dealkylation sites (N-methyl/N-ethyl adjacent to an activating group) is 1. The average molecular weight is 284 g/mol. The zero-order valence-electron chi connectivity index (χ0n) is 11.6. The molecule has 0 aromatic rings. The van der Waals surface area contributed by atoms with Crippen molar-refractivity contribution in [2.45, 2.75) is 26.3 Å². The Balaban J connectivity index is 2.60. The first-order valence-corrected chi connectivity index (χ1v) is 5.78. The number of amides is 7. The number of hydrogen-bond acceptors (Lipinski definition) is 5. The van der Waals surface area contributed by atoms with E-state index in [2.05, 4.69) is 5.32 Å². The summed E-state index contributed by atoms with van der Waals surface area (Å²) in [7, 11) is 1.13. The van der Waals surface area contributed by atoms with Crippen LogP contribution in [0.15, 0.2) is 0 Å².